The normalized spacial score (nSPS) is 27.1. The second-order valence-corrected chi connectivity index (χ2v) is 5.76. The van der Waals surface area contributed by atoms with Crippen LogP contribution in [0.3, 0.4) is 0 Å². The van der Waals surface area contributed by atoms with E-state index in [1.807, 2.05) is 0 Å². The molecule has 1 aliphatic heterocycles. The third-order valence-electron chi connectivity index (χ3n) is 4.34. The fraction of sp³-hybridized carbons (Fsp3) is 0.625. The van der Waals surface area contributed by atoms with E-state index in [1.165, 1.54) is 24.1 Å². The molecular weight excluding hydrogens is 220 g/mol. The maximum Gasteiger partial charge on any atom is 0.0346 e. The molecule has 0 bridgehead atoms. The van der Waals surface area contributed by atoms with Crippen molar-refractivity contribution in [1.29, 1.82) is 0 Å². The Morgan fingerprint density at radius 2 is 2.00 bits per heavy atom. The smallest absolute Gasteiger partial charge is 0.0346 e. The standard InChI is InChI=1S/C16H26N2/c1-4-16(14-7-5-12(2)6-8-14)18-10-9-13(3)15(17)11-18/h5-8,13,15-16H,4,9-11,17H2,1-3H3. The minimum absolute atomic E-state index is 0.332. The van der Waals surface area contributed by atoms with Gasteiger partial charge >= 0.3 is 0 Å². The molecule has 1 saturated heterocycles. The lowest BCUT2D eigenvalue weighted by Gasteiger charge is -2.40. The second-order valence-electron chi connectivity index (χ2n) is 5.76. The van der Waals surface area contributed by atoms with Gasteiger partial charge in [-0.2, -0.15) is 0 Å². The zero-order valence-corrected chi connectivity index (χ0v) is 11.9. The van der Waals surface area contributed by atoms with E-state index in [2.05, 4.69) is 49.9 Å². The van der Waals surface area contributed by atoms with Crippen LogP contribution in [-0.2, 0) is 0 Å². The molecule has 0 amide bonds. The van der Waals surface area contributed by atoms with Crippen molar-refractivity contribution in [2.75, 3.05) is 13.1 Å². The number of hydrogen-bond donors (Lipinski definition) is 1. The molecule has 1 heterocycles. The molecular formula is C16H26N2. The highest BCUT2D eigenvalue weighted by Gasteiger charge is 2.27. The summed E-state index contributed by atoms with van der Waals surface area (Å²) in [4.78, 5) is 2.56. The van der Waals surface area contributed by atoms with Crippen LogP contribution in [0.5, 0.6) is 0 Å². The minimum atomic E-state index is 0.332. The lowest BCUT2D eigenvalue weighted by atomic mass is 9.91. The Bertz CT molecular complexity index is 371. The van der Waals surface area contributed by atoms with Gasteiger partial charge in [0.25, 0.3) is 0 Å². The highest BCUT2D eigenvalue weighted by atomic mass is 15.2. The monoisotopic (exact) mass is 246 g/mol. The summed E-state index contributed by atoms with van der Waals surface area (Å²) < 4.78 is 0. The van der Waals surface area contributed by atoms with E-state index in [-0.39, 0.29) is 0 Å². The summed E-state index contributed by atoms with van der Waals surface area (Å²) in [5, 5.41) is 0. The summed E-state index contributed by atoms with van der Waals surface area (Å²) in [7, 11) is 0. The molecule has 0 spiro atoms. The first-order valence-corrected chi connectivity index (χ1v) is 7.18. The molecule has 1 aromatic carbocycles. The Morgan fingerprint density at radius 3 is 2.56 bits per heavy atom. The number of aryl methyl sites for hydroxylation is 1. The minimum Gasteiger partial charge on any atom is -0.326 e. The van der Waals surface area contributed by atoms with Gasteiger partial charge in [0.05, 0.1) is 0 Å². The largest absolute Gasteiger partial charge is 0.326 e. The number of likely N-dealkylation sites (tertiary alicyclic amines) is 1. The molecule has 0 aromatic heterocycles. The zero-order chi connectivity index (χ0) is 13.1. The van der Waals surface area contributed by atoms with Crippen molar-refractivity contribution in [3.05, 3.63) is 35.4 Å². The first-order valence-electron chi connectivity index (χ1n) is 7.18. The van der Waals surface area contributed by atoms with Gasteiger partial charge in [0.2, 0.25) is 0 Å². The summed E-state index contributed by atoms with van der Waals surface area (Å²) in [5.74, 6) is 0.664. The number of nitrogens with zero attached hydrogens (tertiary/aromatic N) is 1. The molecule has 2 heteroatoms. The molecule has 0 radical (unpaired) electrons. The molecule has 0 saturated carbocycles. The third kappa shape index (κ3) is 2.93. The SMILES string of the molecule is CCC(c1ccc(C)cc1)N1CCC(C)C(N)C1. The van der Waals surface area contributed by atoms with Crippen molar-refractivity contribution >= 4 is 0 Å². The van der Waals surface area contributed by atoms with Crippen LogP contribution in [0.2, 0.25) is 0 Å². The fourth-order valence-corrected chi connectivity index (χ4v) is 2.90. The van der Waals surface area contributed by atoms with Crippen LogP contribution in [0.25, 0.3) is 0 Å². The van der Waals surface area contributed by atoms with E-state index in [4.69, 9.17) is 5.73 Å². The second kappa shape index (κ2) is 5.85. The third-order valence-corrected chi connectivity index (χ3v) is 4.34. The molecule has 0 aliphatic carbocycles. The summed E-state index contributed by atoms with van der Waals surface area (Å²) >= 11 is 0. The van der Waals surface area contributed by atoms with Gasteiger partial charge < -0.3 is 5.73 Å². The van der Waals surface area contributed by atoms with Gasteiger partial charge in [-0.15, -0.1) is 0 Å². The summed E-state index contributed by atoms with van der Waals surface area (Å²) in [6.07, 6.45) is 2.38. The van der Waals surface area contributed by atoms with Crippen molar-refractivity contribution < 1.29 is 0 Å². The maximum absolute atomic E-state index is 6.22. The van der Waals surface area contributed by atoms with Gasteiger partial charge in [-0.1, -0.05) is 43.7 Å². The first kappa shape index (κ1) is 13.6. The van der Waals surface area contributed by atoms with E-state index < -0.39 is 0 Å². The average Bonchev–Trinajstić information content (AvgIpc) is 2.37. The molecule has 3 atom stereocenters. The van der Waals surface area contributed by atoms with E-state index in [9.17, 15) is 0 Å². The van der Waals surface area contributed by atoms with Crippen LogP contribution in [0.15, 0.2) is 24.3 Å². The summed E-state index contributed by atoms with van der Waals surface area (Å²) in [6, 6.07) is 9.83. The Hall–Kier alpha value is -0.860. The van der Waals surface area contributed by atoms with Crippen molar-refractivity contribution in [2.45, 2.75) is 45.7 Å². The lowest BCUT2D eigenvalue weighted by molar-refractivity contribution is 0.117. The van der Waals surface area contributed by atoms with Crippen LogP contribution in [0, 0.1) is 12.8 Å². The van der Waals surface area contributed by atoms with Crippen LogP contribution in [0.4, 0.5) is 0 Å². The molecule has 1 aliphatic rings. The topological polar surface area (TPSA) is 29.3 Å². The van der Waals surface area contributed by atoms with Gasteiger partial charge in [0, 0.05) is 18.6 Å². The molecule has 100 valence electrons. The van der Waals surface area contributed by atoms with Crippen molar-refractivity contribution in [3.8, 4) is 0 Å². The molecule has 2 N–H and O–H groups in total. The maximum atomic E-state index is 6.22. The number of nitrogens with two attached hydrogens (primary N) is 1. The number of benzene rings is 1. The molecule has 2 nitrogen and oxygen atoms in total. The molecule has 3 unspecified atom stereocenters. The van der Waals surface area contributed by atoms with Crippen molar-refractivity contribution in [1.82, 2.24) is 4.90 Å². The predicted molar refractivity (Wildman–Crippen MR) is 77.5 cm³/mol. The van der Waals surface area contributed by atoms with Crippen LogP contribution < -0.4 is 5.73 Å². The Labute approximate surface area is 111 Å². The number of piperidine rings is 1. The van der Waals surface area contributed by atoms with Gasteiger partial charge in [-0.05, 0) is 37.8 Å². The lowest BCUT2D eigenvalue weighted by Crippen LogP contribution is -2.48. The molecule has 1 aromatic rings. The zero-order valence-electron chi connectivity index (χ0n) is 11.9. The number of hydrogen-bond acceptors (Lipinski definition) is 2. The van der Waals surface area contributed by atoms with Crippen molar-refractivity contribution in [3.63, 3.8) is 0 Å². The Kier molecular flexibility index (Phi) is 4.41. The molecule has 18 heavy (non-hydrogen) atoms. The Balaban J connectivity index is 2.11. The van der Waals surface area contributed by atoms with E-state index in [0.29, 0.717) is 18.0 Å². The first-order chi connectivity index (χ1) is 8.61. The van der Waals surface area contributed by atoms with Crippen molar-refractivity contribution in [2.24, 2.45) is 11.7 Å². The Morgan fingerprint density at radius 1 is 1.33 bits per heavy atom. The average molecular weight is 246 g/mol. The van der Waals surface area contributed by atoms with Gasteiger partial charge in [-0.3, -0.25) is 4.90 Å². The van der Waals surface area contributed by atoms with Gasteiger partial charge in [0.1, 0.15) is 0 Å². The summed E-state index contributed by atoms with van der Waals surface area (Å²) in [6.45, 7) is 8.90. The van der Waals surface area contributed by atoms with Gasteiger partial charge in [-0.25, -0.2) is 0 Å². The highest BCUT2D eigenvalue weighted by molar-refractivity contribution is 5.24. The molecule has 2 rings (SSSR count). The molecule has 1 fully saturated rings. The quantitative estimate of drug-likeness (QED) is 0.888. The van der Waals surface area contributed by atoms with Crippen LogP contribution in [-0.4, -0.2) is 24.0 Å². The van der Waals surface area contributed by atoms with Gasteiger partial charge in [0.15, 0.2) is 0 Å². The number of rotatable bonds is 3. The van der Waals surface area contributed by atoms with E-state index >= 15 is 0 Å². The predicted octanol–water partition coefficient (Wildman–Crippen LogP) is 3.12. The summed E-state index contributed by atoms with van der Waals surface area (Å²) in [5.41, 5.74) is 8.99. The van der Waals surface area contributed by atoms with E-state index in [1.54, 1.807) is 0 Å². The van der Waals surface area contributed by atoms with Crippen LogP contribution >= 0.6 is 0 Å². The van der Waals surface area contributed by atoms with Crippen LogP contribution in [0.1, 0.15) is 43.9 Å². The van der Waals surface area contributed by atoms with E-state index in [0.717, 1.165) is 13.0 Å². The fourth-order valence-electron chi connectivity index (χ4n) is 2.90. The highest BCUT2D eigenvalue weighted by Crippen LogP contribution is 2.28.